The Labute approximate surface area is 169 Å². The molecule has 158 valence electrons. The zero-order chi connectivity index (χ0) is 19.3. The van der Waals surface area contributed by atoms with Gasteiger partial charge in [-0.05, 0) is 0 Å². The average molecular weight is 384 g/mol. The second-order valence-corrected chi connectivity index (χ2v) is 14.5. The van der Waals surface area contributed by atoms with Gasteiger partial charge in [-0.25, -0.2) is 0 Å². The molecule has 0 aliphatic rings. The van der Waals surface area contributed by atoms with Crippen LogP contribution in [0.5, 0.6) is 0 Å². The summed E-state index contributed by atoms with van der Waals surface area (Å²) in [5.41, 5.74) is 0. The topological polar surface area (TPSA) is 0 Å². The third-order valence-corrected chi connectivity index (χ3v) is 11.1. The number of rotatable bonds is 21. The van der Waals surface area contributed by atoms with E-state index in [1.807, 2.05) is 0 Å². The third-order valence-electron chi connectivity index (χ3n) is 6.40. The Balaban J connectivity index is 4.02. The van der Waals surface area contributed by atoms with Gasteiger partial charge in [0.15, 0.2) is 0 Å². The van der Waals surface area contributed by atoms with Gasteiger partial charge in [-0.1, -0.05) is 0 Å². The Bertz CT molecular complexity index is 226. The average Bonchev–Trinajstić information content (AvgIpc) is 2.64. The standard InChI is InChI=1S/C24H54BP/c1-4-7-10-13-16-19-22-26(25,23-20-17-14-11-8-5-2)24-21-18-15-12-9-6-3/h26H,4-25H2,1-3H3. The molecule has 0 nitrogen and oxygen atoms in total. The van der Waals surface area contributed by atoms with Gasteiger partial charge in [-0.3, -0.25) is 0 Å². The first-order chi connectivity index (χ1) is 12.7. The van der Waals surface area contributed by atoms with E-state index in [0.717, 1.165) is 0 Å². The van der Waals surface area contributed by atoms with Gasteiger partial charge in [0.05, 0.1) is 0 Å². The number of unbranched alkanes of at least 4 members (excludes halogenated alkanes) is 15. The summed E-state index contributed by atoms with van der Waals surface area (Å²) in [6.45, 7) is 6.97. The third kappa shape index (κ3) is 17.9. The van der Waals surface area contributed by atoms with E-state index in [9.17, 15) is 0 Å². The second kappa shape index (κ2) is 20.2. The summed E-state index contributed by atoms with van der Waals surface area (Å²) in [5, 5.41) is 0. The molecule has 0 aromatic rings. The Morgan fingerprint density at radius 3 is 0.885 bits per heavy atom. The van der Waals surface area contributed by atoms with Crippen molar-refractivity contribution in [2.75, 3.05) is 18.5 Å². The first kappa shape index (κ1) is 26.5. The fraction of sp³-hybridized carbons (Fsp3) is 1.00. The van der Waals surface area contributed by atoms with Gasteiger partial charge in [-0.2, -0.15) is 0 Å². The van der Waals surface area contributed by atoms with Crippen LogP contribution in [-0.2, 0) is 0 Å². The van der Waals surface area contributed by atoms with Crippen LogP contribution in [0.3, 0.4) is 0 Å². The summed E-state index contributed by atoms with van der Waals surface area (Å²) in [4.78, 5) is 0. The molecule has 0 aliphatic heterocycles. The zero-order valence-corrected chi connectivity index (χ0v) is 20.3. The molecule has 0 aromatic carbocycles. The van der Waals surface area contributed by atoms with E-state index in [-0.39, 0.29) is 0 Å². The van der Waals surface area contributed by atoms with Crippen LogP contribution in [0.1, 0.15) is 136 Å². The molecule has 0 saturated carbocycles. The van der Waals surface area contributed by atoms with Crippen molar-refractivity contribution in [1.29, 1.82) is 0 Å². The molecule has 0 atom stereocenters. The van der Waals surface area contributed by atoms with E-state index in [0.29, 0.717) is 0 Å². The quantitative estimate of drug-likeness (QED) is 0.106. The second-order valence-electron chi connectivity index (χ2n) is 9.36. The minimum atomic E-state index is -0.955. The van der Waals surface area contributed by atoms with Crippen molar-refractivity contribution >= 4 is 14.7 Å². The molecule has 0 unspecified atom stereocenters. The summed E-state index contributed by atoms with van der Waals surface area (Å²) in [7, 11) is 1.81. The Morgan fingerprint density at radius 1 is 0.385 bits per heavy atom. The normalized spacial score (nSPS) is 12.6. The van der Waals surface area contributed by atoms with Gasteiger partial charge in [0.2, 0.25) is 0 Å². The fourth-order valence-corrected chi connectivity index (χ4v) is 8.43. The van der Waals surface area contributed by atoms with Crippen molar-refractivity contribution in [3.05, 3.63) is 0 Å². The molecule has 0 spiro atoms. The van der Waals surface area contributed by atoms with Crippen LogP contribution in [0, 0.1) is 0 Å². The molecule has 0 N–H and O–H groups in total. The maximum absolute atomic E-state index is 2.76. The molecule has 0 saturated heterocycles. The monoisotopic (exact) mass is 384 g/mol. The molecule has 0 heterocycles. The van der Waals surface area contributed by atoms with Crippen LogP contribution in [-0.4, -0.2) is 26.1 Å². The maximum atomic E-state index is 2.76. The fourth-order valence-electron chi connectivity index (χ4n) is 4.37. The van der Waals surface area contributed by atoms with Crippen molar-refractivity contribution in [3.63, 3.8) is 0 Å². The SMILES string of the molecule is B[PH](CCCCCCCC)(CCCCCCCC)CCCCCCCC. The molecule has 2 heteroatoms. The molecular weight excluding hydrogens is 330 g/mol. The molecule has 0 bridgehead atoms. The van der Waals surface area contributed by atoms with Gasteiger partial charge in [-0.15, -0.1) is 0 Å². The zero-order valence-electron chi connectivity index (χ0n) is 19.3. The summed E-state index contributed by atoms with van der Waals surface area (Å²) in [6, 6.07) is 0. The van der Waals surface area contributed by atoms with E-state index in [4.69, 9.17) is 0 Å². The Kier molecular flexibility index (Phi) is 20.6. The van der Waals surface area contributed by atoms with E-state index >= 15 is 0 Å². The molecule has 26 heavy (non-hydrogen) atoms. The molecular formula is C24H54BP. The predicted octanol–water partition coefficient (Wildman–Crippen LogP) is 8.37. The van der Waals surface area contributed by atoms with Crippen LogP contribution < -0.4 is 0 Å². The molecule has 0 amide bonds. The van der Waals surface area contributed by atoms with Crippen molar-refractivity contribution in [2.24, 2.45) is 0 Å². The van der Waals surface area contributed by atoms with E-state index in [1.54, 1.807) is 18.5 Å². The van der Waals surface area contributed by atoms with Crippen LogP contribution in [0.4, 0.5) is 0 Å². The van der Waals surface area contributed by atoms with Crippen molar-refractivity contribution in [3.8, 4) is 0 Å². The van der Waals surface area contributed by atoms with E-state index in [2.05, 4.69) is 28.3 Å². The van der Waals surface area contributed by atoms with E-state index in [1.165, 1.54) is 116 Å². The minimum absolute atomic E-state index is 0.955. The van der Waals surface area contributed by atoms with Crippen molar-refractivity contribution < 1.29 is 0 Å². The molecule has 0 aromatic heterocycles. The number of hydrogen-bond donors (Lipinski definition) is 0. The van der Waals surface area contributed by atoms with Crippen LogP contribution in [0.2, 0.25) is 0 Å². The summed E-state index contributed by atoms with van der Waals surface area (Å²) in [5.74, 6) is 0. The number of hydrogen-bond acceptors (Lipinski definition) is 0. The van der Waals surface area contributed by atoms with Crippen molar-refractivity contribution in [2.45, 2.75) is 136 Å². The first-order valence-corrected chi connectivity index (χ1v) is 15.8. The summed E-state index contributed by atoms with van der Waals surface area (Å²) < 4.78 is 0. The van der Waals surface area contributed by atoms with Crippen molar-refractivity contribution in [1.82, 2.24) is 0 Å². The Hall–Kier alpha value is 0.495. The molecule has 0 radical (unpaired) electrons. The van der Waals surface area contributed by atoms with Crippen LogP contribution in [0.25, 0.3) is 0 Å². The van der Waals surface area contributed by atoms with Gasteiger partial charge >= 0.3 is 170 Å². The van der Waals surface area contributed by atoms with E-state index < -0.39 is 7.14 Å². The van der Waals surface area contributed by atoms with Crippen LogP contribution >= 0.6 is 7.14 Å². The Morgan fingerprint density at radius 2 is 0.615 bits per heavy atom. The van der Waals surface area contributed by atoms with Crippen LogP contribution in [0.15, 0.2) is 0 Å². The van der Waals surface area contributed by atoms with Gasteiger partial charge in [0, 0.05) is 0 Å². The molecule has 0 rings (SSSR count). The molecule has 0 aliphatic carbocycles. The van der Waals surface area contributed by atoms with Gasteiger partial charge in [0.1, 0.15) is 0 Å². The first-order valence-electron chi connectivity index (χ1n) is 12.7. The summed E-state index contributed by atoms with van der Waals surface area (Å²) >= 11 is 0. The predicted molar refractivity (Wildman–Crippen MR) is 132 cm³/mol. The molecule has 0 fully saturated rings. The summed E-state index contributed by atoms with van der Waals surface area (Å²) in [6.07, 6.45) is 31.4. The van der Waals surface area contributed by atoms with Gasteiger partial charge < -0.3 is 0 Å². The van der Waals surface area contributed by atoms with Gasteiger partial charge in [0.25, 0.3) is 0 Å².